The van der Waals surface area contributed by atoms with Gasteiger partial charge in [-0.3, -0.25) is 0 Å². The molecular formula is C18H13IO. The third kappa shape index (κ3) is 1.95. The summed E-state index contributed by atoms with van der Waals surface area (Å²) < 4.78 is 10.5. The molecule has 2 aromatic carbocycles. The Kier molecular flexibility index (Phi) is 2.84. The molecule has 2 heteroatoms. The first-order valence-electron chi connectivity index (χ1n) is 6.56. The molecule has 1 aliphatic rings. The lowest BCUT2D eigenvalue weighted by Crippen LogP contribution is -1.83. The maximum absolute atomic E-state index is 5.90. The van der Waals surface area contributed by atoms with Crippen molar-refractivity contribution in [3.05, 3.63) is 63.4 Å². The van der Waals surface area contributed by atoms with Crippen molar-refractivity contribution >= 4 is 41.8 Å². The van der Waals surface area contributed by atoms with E-state index in [4.69, 9.17) is 4.42 Å². The zero-order valence-corrected chi connectivity index (χ0v) is 13.2. The molecule has 0 bridgehead atoms. The van der Waals surface area contributed by atoms with E-state index in [9.17, 15) is 0 Å². The topological polar surface area (TPSA) is 13.1 Å². The van der Waals surface area contributed by atoms with Crippen LogP contribution >= 0.6 is 20.7 Å². The van der Waals surface area contributed by atoms with Crippen LogP contribution in [0.5, 0.6) is 0 Å². The molecule has 0 atom stereocenters. The third-order valence-corrected chi connectivity index (χ3v) is 5.32. The molecule has 2 heterocycles. The Balaban J connectivity index is 1.95. The Morgan fingerprint density at radius 2 is 1.90 bits per heavy atom. The van der Waals surface area contributed by atoms with Crippen LogP contribution in [0.4, 0.5) is 0 Å². The second-order valence-corrected chi connectivity index (χ2v) is 7.05. The smallest absolute Gasteiger partial charge is 0.136 e. The number of hydrogen-bond acceptors (Lipinski definition) is 1. The van der Waals surface area contributed by atoms with Gasteiger partial charge in [-0.05, 0) is 44.4 Å². The minimum absolute atomic E-state index is 0.0411. The van der Waals surface area contributed by atoms with E-state index in [-0.39, 0.29) is 20.7 Å². The van der Waals surface area contributed by atoms with Gasteiger partial charge >= 0.3 is 0 Å². The zero-order valence-electron chi connectivity index (χ0n) is 11.1. The number of fused-ring (bicyclic) bond motifs is 3. The van der Waals surface area contributed by atoms with Crippen molar-refractivity contribution in [2.24, 2.45) is 0 Å². The summed E-state index contributed by atoms with van der Waals surface area (Å²) in [4.78, 5) is 0. The van der Waals surface area contributed by atoms with Gasteiger partial charge in [-0.25, -0.2) is 0 Å². The van der Waals surface area contributed by atoms with Crippen molar-refractivity contribution < 1.29 is 4.42 Å². The van der Waals surface area contributed by atoms with Gasteiger partial charge in [0.2, 0.25) is 0 Å². The number of benzene rings is 2. The van der Waals surface area contributed by atoms with Crippen LogP contribution in [-0.4, -0.2) is 4.01 Å². The van der Waals surface area contributed by atoms with Crippen LogP contribution < -0.4 is 0 Å². The van der Waals surface area contributed by atoms with E-state index >= 15 is 0 Å². The molecule has 98 valence electrons. The molecule has 4 rings (SSSR count). The summed E-state index contributed by atoms with van der Waals surface area (Å²) >= 11 is 0.0411. The maximum atomic E-state index is 5.90. The standard InChI is InChI=1S/C18H13IO/c1-12-3-2-4-13(9-12)14-5-6-17-15(10-14)16-11-19-8-7-18(16)20-17/h2-11H,1H3. The van der Waals surface area contributed by atoms with Crippen LogP contribution in [0.3, 0.4) is 0 Å². The van der Waals surface area contributed by atoms with E-state index in [1.165, 1.54) is 27.6 Å². The van der Waals surface area contributed by atoms with E-state index < -0.39 is 0 Å². The summed E-state index contributed by atoms with van der Waals surface area (Å²) in [7, 11) is 0. The Bertz CT molecular complexity index is 868. The van der Waals surface area contributed by atoms with Crippen molar-refractivity contribution in [2.45, 2.75) is 6.92 Å². The Hall–Kier alpha value is -1.68. The molecule has 1 aliphatic heterocycles. The van der Waals surface area contributed by atoms with Gasteiger partial charge in [-0.1, -0.05) is 56.6 Å². The molecule has 0 N–H and O–H groups in total. The van der Waals surface area contributed by atoms with Crippen LogP contribution in [0.25, 0.3) is 28.2 Å². The van der Waals surface area contributed by atoms with Gasteiger partial charge in [0.1, 0.15) is 11.3 Å². The van der Waals surface area contributed by atoms with Crippen LogP contribution in [0, 0.1) is 6.92 Å². The quantitative estimate of drug-likeness (QED) is 0.513. The molecule has 0 aliphatic carbocycles. The van der Waals surface area contributed by atoms with Crippen molar-refractivity contribution in [1.29, 1.82) is 0 Å². The Morgan fingerprint density at radius 1 is 1.00 bits per heavy atom. The number of furan rings is 1. The predicted octanol–water partition coefficient (Wildman–Crippen LogP) is 5.51. The highest BCUT2D eigenvalue weighted by Crippen LogP contribution is 2.33. The van der Waals surface area contributed by atoms with Crippen molar-refractivity contribution in [3.63, 3.8) is 0 Å². The number of hydrogen-bond donors (Lipinski definition) is 0. The minimum Gasteiger partial charge on any atom is -0.456 e. The number of rotatable bonds is 1. The number of halogens is 1. The normalized spacial score (nSPS) is 13.2. The second kappa shape index (κ2) is 4.70. The number of aryl methyl sites for hydroxylation is 1. The highest BCUT2D eigenvalue weighted by Gasteiger charge is 2.12. The molecule has 0 amide bonds. The maximum Gasteiger partial charge on any atom is 0.136 e. The second-order valence-electron chi connectivity index (χ2n) is 4.99. The van der Waals surface area contributed by atoms with E-state index in [0.717, 1.165) is 11.3 Å². The van der Waals surface area contributed by atoms with E-state index in [1.807, 2.05) is 0 Å². The van der Waals surface area contributed by atoms with E-state index in [1.54, 1.807) is 0 Å². The van der Waals surface area contributed by atoms with Gasteiger partial charge in [0, 0.05) is 10.9 Å². The van der Waals surface area contributed by atoms with Crippen LogP contribution in [0.15, 0.2) is 51.0 Å². The lowest BCUT2D eigenvalue weighted by molar-refractivity contribution is 0.604. The minimum atomic E-state index is 0.0411. The van der Waals surface area contributed by atoms with E-state index in [0.29, 0.717) is 0 Å². The van der Waals surface area contributed by atoms with Gasteiger partial charge in [0.15, 0.2) is 0 Å². The Morgan fingerprint density at radius 3 is 2.80 bits per heavy atom. The monoisotopic (exact) mass is 372 g/mol. The molecule has 0 unspecified atom stereocenters. The molecular weight excluding hydrogens is 359 g/mol. The van der Waals surface area contributed by atoms with Gasteiger partial charge < -0.3 is 4.42 Å². The van der Waals surface area contributed by atoms with Gasteiger partial charge in [0.25, 0.3) is 0 Å². The van der Waals surface area contributed by atoms with Crippen LogP contribution in [0.2, 0.25) is 0 Å². The summed E-state index contributed by atoms with van der Waals surface area (Å²) in [5.41, 5.74) is 6.08. The Labute approximate surface area is 127 Å². The highest BCUT2D eigenvalue weighted by molar-refractivity contribution is 14.2. The summed E-state index contributed by atoms with van der Waals surface area (Å²) in [6.07, 6.45) is 2.12. The van der Waals surface area contributed by atoms with Crippen LogP contribution in [0.1, 0.15) is 16.9 Å². The first-order chi connectivity index (χ1) is 9.81. The predicted molar refractivity (Wildman–Crippen MR) is 94.6 cm³/mol. The lowest BCUT2D eigenvalue weighted by atomic mass is 10.0. The lowest BCUT2D eigenvalue weighted by Gasteiger charge is -2.03. The first-order valence-corrected chi connectivity index (χ1v) is 9.06. The van der Waals surface area contributed by atoms with Crippen molar-refractivity contribution in [2.75, 3.05) is 0 Å². The summed E-state index contributed by atoms with van der Waals surface area (Å²) in [5, 5.41) is 1.24. The average molecular weight is 372 g/mol. The fraction of sp³-hybridized carbons (Fsp3) is 0.0556. The zero-order chi connectivity index (χ0) is 13.5. The van der Waals surface area contributed by atoms with Gasteiger partial charge in [-0.2, -0.15) is 0 Å². The SMILES string of the molecule is Cc1cccc(-c2ccc3oc4c(c3c2)C=IC=C4)c1. The molecule has 20 heavy (non-hydrogen) atoms. The molecule has 0 fully saturated rings. The summed E-state index contributed by atoms with van der Waals surface area (Å²) in [6, 6.07) is 15.1. The average Bonchev–Trinajstić information content (AvgIpc) is 2.85. The molecule has 0 spiro atoms. The van der Waals surface area contributed by atoms with Crippen molar-refractivity contribution in [3.8, 4) is 11.1 Å². The molecule has 0 saturated heterocycles. The van der Waals surface area contributed by atoms with Gasteiger partial charge in [-0.15, -0.1) is 0 Å². The largest absolute Gasteiger partial charge is 0.456 e. The summed E-state index contributed by atoms with van der Waals surface area (Å²) in [5.74, 6) is 1.01. The molecule has 0 saturated carbocycles. The molecule has 1 aromatic heterocycles. The van der Waals surface area contributed by atoms with Gasteiger partial charge in [0.05, 0.1) is 0 Å². The fourth-order valence-corrected chi connectivity index (χ4v) is 4.31. The molecule has 0 radical (unpaired) electrons. The van der Waals surface area contributed by atoms with E-state index in [2.05, 4.69) is 63.6 Å². The molecule has 3 aromatic rings. The summed E-state index contributed by atoms with van der Waals surface area (Å²) in [6.45, 7) is 2.13. The molecule has 1 nitrogen and oxygen atoms in total. The third-order valence-electron chi connectivity index (χ3n) is 3.57. The van der Waals surface area contributed by atoms with Crippen LogP contribution in [-0.2, 0) is 0 Å². The fourth-order valence-electron chi connectivity index (χ4n) is 2.57. The van der Waals surface area contributed by atoms with Crippen molar-refractivity contribution in [1.82, 2.24) is 0 Å². The first kappa shape index (κ1) is 12.1. The highest BCUT2D eigenvalue weighted by atomic mass is 127.